The number of nitrogens with zero attached hydrogens (tertiary/aromatic N) is 2. The largest absolute Gasteiger partial charge is 0.495 e. The van der Waals surface area contributed by atoms with Crippen molar-refractivity contribution < 1.29 is 23.8 Å². The summed E-state index contributed by atoms with van der Waals surface area (Å²) in [5.74, 6) is -1.60. The fraction of sp³-hybridized carbons (Fsp3) is 0.375. The lowest BCUT2D eigenvalue weighted by molar-refractivity contribution is -0.119. The second kappa shape index (κ2) is 9.74. The third-order valence-corrected chi connectivity index (χ3v) is 9.07. The molecule has 0 aromatic heterocycles. The van der Waals surface area contributed by atoms with Crippen molar-refractivity contribution in [1.82, 2.24) is 4.90 Å². The third kappa shape index (κ3) is 4.35. The van der Waals surface area contributed by atoms with Crippen LogP contribution in [0.25, 0.3) is 0 Å². The Labute approximate surface area is 243 Å². The van der Waals surface area contributed by atoms with Crippen LogP contribution < -0.4 is 15.0 Å². The maximum Gasteiger partial charge on any atom is 0.335 e. The number of rotatable bonds is 5. The number of amides is 1. The number of fused-ring (bicyclic) bond motifs is 3. The molecule has 0 saturated carbocycles. The first-order chi connectivity index (χ1) is 19.4. The molecule has 0 aliphatic carbocycles. The molecule has 3 aromatic rings. The van der Waals surface area contributed by atoms with Gasteiger partial charge in [0.05, 0.1) is 31.1 Å². The Bertz CT molecular complexity index is 1560. The van der Waals surface area contributed by atoms with Gasteiger partial charge in [-0.15, -0.1) is 0 Å². The number of hydrogen-bond acceptors (Lipinski definition) is 5. The van der Waals surface area contributed by atoms with Gasteiger partial charge < -0.3 is 15.2 Å². The molecule has 6 rings (SSSR count). The minimum Gasteiger partial charge on any atom is -0.495 e. The zero-order chi connectivity index (χ0) is 29.3. The number of hydrogen-bond donors (Lipinski definition) is 2. The first-order valence-electron chi connectivity index (χ1n) is 13.7. The van der Waals surface area contributed by atoms with Crippen LogP contribution >= 0.6 is 11.6 Å². The van der Waals surface area contributed by atoms with Gasteiger partial charge in [0.15, 0.2) is 0 Å². The van der Waals surface area contributed by atoms with Gasteiger partial charge in [-0.2, -0.15) is 0 Å². The summed E-state index contributed by atoms with van der Waals surface area (Å²) in [6.45, 7) is 7.46. The summed E-state index contributed by atoms with van der Waals surface area (Å²) < 4.78 is 20.3. The number of nitrogens with one attached hydrogen (secondary N) is 1. The van der Waals surface area contributed by atoms with Gasteiger partial charge in [0, 0.05) is 34.6 Å². The van der Waals surface area contributed by atoms with Crippen molar-refractivity contribution >= 4 is 34.9 Å². The molecule has 1 amide bonds. The van der Waals surface area contributed by atoms with Gasteiger partial charge >= 0.3 is 5.97 Å². The summed E-state index contributed by atoms with van der Waals surface area (Å²) in [7, 11) is 1.46. The summed E-state index contributed by atoms with van der Waals surface area (Å²) in [6.07, 6.45) is 0.787. The van der Waals surface area contributed by atoms with Gasteiger partial charge in [-0.05, 0) is 65.4 Å². The van der Waals surface area contributed by atoms with E-state index in [0.717, 1.165) is 23.2 Å². The predicted octanol–water partition coefficient (Wildman–Crippen LogP) is 6.13. The van der Waals surface area contributed by atoms with Crippen molar-refractivity contribution in [3.05, 3.63) is 88.2 Å². The fourth-order valence-corrected chi connectivity index (χ4v) is 7.47. The standard InChI is InChI=1S/C32H33ClFN3O4/c1-31(2,3)15-26-32(16-35-23-14-20(33)9-10-22(23)32)27(18-6-5-7-21(34)12-18)28-29(38)36(17-37(26)28)24-11-8-19(30(39)40)13-25(24)41-4/h5-14,26-28,35H,15-17H2,1-4H3,(H,39,40)/t26-,27-,28+,32-/m0/s1. The first-order valence-corrected chi connectivity index (χ1v) is 14.1. The van der Waals surface area contributed by atoms with Crippen molar-refractivity contribution in [3.8, 4) is 5.75 Å². The smallest absolute Gasteiger partial charge is 0.335 e. The molecule has 9 heteroatoms. The lowest BCUT2D eigenvalue weighted by Crippen LogP contribution is -2.49. The molecule has 0 bridgehead atoms. The summed E-state index contributed by atoms with van der Waals surface area (Å²) in [5, 5.41) is 13.7. The van der Waals surface area contributed by atoms with Crippen LogP contribution in [0.3, 0.4) is 0 Å². The number of methoxy groups -OCH3 is 1. The second-order valence-corrected chi connectivity index (χ2v) is 12.9. The van der Waals surface area contributed by atoms with Gasteiger partial charge in [-0.1, -0.05) is 50.6 Å². The number of carboxylic acids is 1. The second-order valence-electron chi connectivity index (χ2n) is 12.5. The molecule has 2 N–H and O–H groups in total. The van der Waals surface area contributed by atoms with Gasteiger partial charge in [0.2, 0.25) is 5.91 Å². The van der Waals surface area contributed by atoms with E-state index >= 15 is 0 Å². The van der Waals surface area contributed by atoms with Gasteiger partial charge in [0.25, 0.3) is 0 Å². The highest BCUT2D eigenvalue weighted by Crippen LogP contribution is 2.61. The molecule has 214 valence electrons. The number of carboxylic acid groups (broad SMARTS) is 1. The average molecular weight is 578 g/mol. The molecule has 0 unspecified atom stereocenters. The molecule has 4 atom stereocenters. The zero-order valence-electron chi connectivity index (χ0n) is 23.4. The van der Waals surface area contributed by atoms with Gasteiger partial charge in [-0.25, -0.2) is 9.18 Å². The SMILES string of the molecule is COc1cc(C(=O)O)ccc1N1CN2[C@@H](CC(C)(C)C)[C@@]3(CNc4cc(Cl)ccc43)[C@@H](c3cccc(F)c3)[C@@H]2C1=O. The Balaban J connectivity index is 1.54. The molecule has 2 saturated heterocycles. The van der Waals surface area contributed by atoms with Crippen LogP contribution in [0.5, 0.6) is 5.75 Å². The van der Waals surface area contributed by atoms with E-state index < -0.39 is 17.4 Å². The van der Waals surface area contributed by atoms with Crippen LogP contribution in [-0.2, 0) is 10.2 Å². The molecular formula is C32H33ClFN3O4. The van der Waals surface area contributed by atoms with Crippen molar-refractivity contribution in [2.75, 3.05) is 30.5 Å². The molecule has 3 aliphatic rings. The topological polar surface area (TPSA) is 82.1 Å². The van der Waals surface area contributed by atoms with E-state index in [1.54, 1.807) is 23.1 Å². The Morgan fingerprint density at radius 1 is 1.17 bits per heavy atom. The van der Waals surface area contributed by atoms with Crippen molar-refractivity contribution in [3.63, 3.8) is 0 Å². The highest BCUT2D eigenvalue weighted by atomic mass is 35.5. The predicted molar refractivity (Wildman–Crippen MR) is 157 cm³/mol. The van der Waals surface area contributed by atoms with Crippen LogP contribution in [0.2, 0.25) is 5.02 Å². The summed E-state index contributed by atoms with van der Waals surface area (Å²) >= 11 is 6.39. The average Bonchev–Trinajstić information content (AvgIpc) is 3.53. The number of aromatic carboxylic acids is 1. The molecular weight excluding hydrogens is 545 g/mol. The van der Waals surface area contributed by atoms with Crippen LogP contribution in [0.15, 0.2) is 60.7 Å². The lowest BCUT2D eigenvalue weighted by Gasteiger charge is -2.42. The van der Waals surface area contributed by atoms with Crippen LogP contribution in [0, 0.1) is 11.2 Å². The fourth-order valence-electron chi connectivity index (χ4n) is 7.30. The zero-order valence-corrected chi connectivity index (χ0v) is 24.2. The minimum absolute atomic E-state index is 0.0751. The molecule has 7 nitrogen and oxygen atoms in total. The molecule has 1 spiro atoms. The van der Waals surface area contributed by atoms with E-state index in [4.69, 9.17) is 16.3 Å². The maximum atomic E-state index is 14.8. The number of carbonyl (C=O) groups is 2. The molecule has 0 radical (unpaired) electrons. The number of carbonyl (C=O) groups excluding carboxylic acids is 1. The first kappa shape index (κ1) is 27.5. The lowest BCUT2D eigenvalue weighted by atomic mass is 9.63. The summed E-state index contributed by atoms with van der Waals surface area (Å²) in [5.41, 5.74) is 2.78. The van der Waals surface area contributed by atoms with Crippen LogP contribution in [0.1, 0.15) is 54.6 Å². The Hall–Kier alpha value is -3.62. The van der Waals surface area contributed by atoms with E-state index in [9.17, 15) is 19.1 Å². The van der Waals surface area contributed by atoms with Crippen LogP contribution in [0.4, 0.5) is 15.8 Å². The monoisotopic (exact) mass is 577 g/mol. The van der Waals surface area contributed by atoms with E-state index in [1.807, 2.05) is 18.2 Å². The Morgan fingerprint density at radius 2 is 1.95 bits per heavy atom. The van der Waals surface area contributed by atoms with Crippen molar-refractivity contribution in [2.24, 2.45) is 5.41 Å². The summed E-state index contributed by atoms with van der Waals surface area (Å²) in [4.78, 5) is 30.1. The normalized spacial score (nSPS) is 25.4. The maximum absolute atomic E-state index is 14.8. The summed E-state index contributed by atoms with van der Waals surface area (Å²) in [6, 6.07) is 16.4. The van der Waals surface area contributed by atoms with Gasteiger partial charge in [-0.3, -0.25) is 14.6 Å². The van der Waals surface area contributed by atoms with E-state index in [2.05, 4.69) is 37.1 Å². The highest BCUT2D eigenvalue weighted by molar-refractivity contribution is 6.30. The Morgan fingerprint density at radius 3 is 2.63 bits per heavy atom. The van der Waals surface area contributed by atoms with Gasteiger partial charge in [0.1, 0.15) is 11.6 Å². The number of anilines is 2. The Kier molecular flexibility index (Phi) is 6.54. The molecule has 2 fully saturated rings. The number of benzene rings is 3. The quantitative estimate of drug-likeness (QED) is 0.380. The highest BCUT2D eigenvalue weighted by Gasteiger charge is 2.67. The third-order valence-electron chi connectivity index (χ3n) is 8.83. The number of ether oxygens (including phenoxy) is 1. The van der Waals surface area contributed by atoms with Crippen molar-refractivity contribution in [2.45, 2.75) is 50.6 Å². The molecule has 41 heavy (non-hydrogen) atoms. The molecule has 3 heterocycles. The molecule has 3 aliphatic heterocycles. The van der Waals surface area contributed by atoms with E-state index in [-0.39, 0.29) is 34.7 Å². The number of halogens is 2. The van der Waals surface area contributed by atoms with E-state index in [0.29, 0.717) is 29.7 Å². The molecule has 3 aromatic carbocycles. The van der Waals surface area contributed by atoms with E-state index in [1.165, 1.54) is 25.3 Å². The van der Waals surface area contributed by atoms with Crippen LogP contribution in [-0.4, -0.2) is 54.3 Å². The van der Waals surface area contributed by atoms with Crippen molar-refractivity contribution in [1.29, 1.82) is 0 Å². The minimum atomic E-state index is -1.07.